The number of carbonyl (C=O) groups is 3. The summed E-state index contributed by atoms with van der Waals surface area (Å²) in [6, 6.07) is 7.05. The average Bonchev–Trinajstić information content (AvgIpc) is 2.91. The fourth-order valence-corrected chi connectivity index (χ4v) is 2.99. The minimum Gasteiger partial charge on any atom is -0.480 e. The van der Waals surface area contributed by atoms with Gasteiger partial charge in [-0.3, -0.25) is 9.59 Å². The molecule has 2 atom stereocenters. The van der Waals surface area contributed by atoms with Crippen LogP contribution in [0.5, 0.6) is 0 Å². The fourth-order valence-electron chi connectivity index (χ4n) is 2.99. The molecule has 0 radical (unpaired) electrons. The predicted octanol–water partition coefficient (Wildman–Crippen LogP) is 1.67. The summed E-state index contributed by atoms with van der Waals surface area (Å²) in [5.74, 6) is -1.82. The van der Waals surface area contributed by atoms with Gasteiger partial charge in [-0.1, -0.05) is 29.8 Å². The quantitative estimate of drug-likeness (QED) is 0.859. The molecule has 1 heterocycles. The molecule has 2 unspecified atom stereocenters. The van der Waals surface area contributed by atoms with Gasteiger partial charge in [-0.25, -0.2) is 4.79 Å². The Morgan fingerprint density at radius 2 is 1.96 bits per heavy atom. The lowest BCUT2D eigenvalue weighted by Gasteiger charge is -2.27. The summed E-state index contributed by atoms with van der Waals surface area (Å²) in [5.41, 5.74) is 2.18. The van der Waals surface area contributed by atoms with E-state index in [1.807, 2.05) is 31.2 Å². The van der Waals surface area contributed by atoms with Gasteiger partial charge < -0.3 is 14.9 Å². The zero-order valence-electron chi connectivity index (χ0n) is 14.4. The first-order valence-electron chi connectivity index (χ1n) is 8.20. The van der Waals surface area contributed by atoms with Crippen LogP contribution in [0.2, 0.25) is 0 Å². The van der Waals surface area contributed by atoms with E-state index in [-0.39, 0.29) is 18.2 Å². The zero-order chi connectivity index (χ0) is 17.9. The van der Waals surface area contributed by atoms with Crippen LogP contribution in [-0.2, 0) is 20.9 Å². The van der Waals surface area contributed by atoms with Gasteiger partial charge in [0.05, 0.1) is 5.92 Å². The van der Waals surface area contributed by atoms with Crippen LogP contribution in [0.1, 0.15) is 31.4 Å². The lowest BCUT2D eigenvalue weighted by Crippen LogP contribution is -2.46. The maximum absolute atomic E-state index is 12.6. The Morgan fingerprint density at radius 3 is 2.50 bits per heavy atom. The minimum absolute atomic E-state index is 0.0621. The third-order valence-corrected chi connectivity index (χ3v) is 4.51. The van der Waals surface area contributed by atoms with Gasteiger partial charge in [-0.15, -0.1) is 0 Å². The Labute approximate surface area is 142 Å². The number of rotatable bonds is 6. The summed E-state index contributed by atoms with van der Waals surface area (Å²) in [4.78, 5) is 39.0. The molecule has 0 spiro atoms. The lowest BCUT2D eigenvalue weighted by atomic mass is 10.1. The molecule has 1 N–H and O–H groups in total. The Hall–Kier alpha value is -2.37. The van der Waals surface area contributed by atoms with Crippen LogP contribution in [0.25, 0.3) is 0 Å². The van der Waals surface area contributed by atoms with Crippen LogP contribution in [-0.4, -0.2) is 51.8 Å². The SMILES string of the molecule is CCN(C(=O)C1CC(=O)N(Cc2ccc(C)cc2)C1)C(C)C(=O)O. The Kier molecular flexibility index (Phi) is 5.59. The molecule has 1 aliphatic rings. The molecule has 1 aromatic carbocycles. The van der Waals surface area contributed by atoms with Crippen molar-refractivity contribution in [3.8, 4) is 0 Å². The second-order valence-corrected chi connectivity index (χ2v) is 6.30. The van der Waals surface area contributed by atoms with Crippen molar-refractivity contribution < 1.29 is 19.5 Å². The number of benzene rings is 1. The van der Waals surface area contributed by atoms with Crippen molar-refractivity contribution in [1.29, 1.82) is 0 Å². The van der Waals surface area contributed by atoms with Crippen LogP contribution in [0.4, 0.5) is 0 Å². The normalized spacial score (nSPS) is 18.5. The molecule has 1 saturated heterocycles. The second-order valence-electron chi connectivity index (χ2n) is 6.30. The number of aliphatic carboxylic acids is 1. The molecule has 6 nitrogen and oxygen atoms in total. The van der Waals surface area contributed by atoms with Crippen molar-refractivity contribution in [2.75, 3.05) is 13.1 Å². The maximum Gasteiger partial charge on any atom is 0.326 e. The van der Waals surface area contributed by atoms with E-state index < -0.39 is 17.9 Å². The van der Waals surface area contributed by atoms with Gasteiger partial charge in [-0.2, -0.15) is 0 Å². The maximum atomic E-state index is 12.6. The second kappa shape index (κ2) is 7.47. The average molecular weight is 332 g/mol. The van der Waals surface area contributed by atoms with E-state index in [4.69, 9.17) is 5.11 Å². The van der Waals surface area contributed by atoms with Gasteiger partial charge in [0.15, 0.2) is 0 Å². The summed E-state index contributed by atoms with van der Waals surface area (Å²) in [5, 5.41) is 9.13. The van der Waals surface area contributed by atoms with E-state index in [9.17, 15) is 14.4 Å². The first-order valence-corrected chi connectivity index (χ1v) is 8.20. The molecule has 130 valence electrons. The standard InChI is InChI=1S/C18H24N2O4/c1-4-20(13(3)18(23)24)17(22)15-9-16(21)19(11-15)10-14-7-5-12(2)6-8-14/h5-8,13,15H,4,9-11H2,1-3H3,(H,23,24). The predicted molar refractivity (Wildman–Crippen MR) is 89.2 cm³/mol. The minimum atomic E-state index is -1.04. The van der Waals surface area contributed by atoms with E-state index in [0.717, 1.165) is 11.1 Å². The van der Waals surface area contributed by atoms with Crippen LogP contribution >= 0.6 is 0 Å². The summed E-state index contributed by atoms with van der Waals surface area (Å²) in [6.45, 7) is 6.37. The third kappa shape index (κ3) is 3.93. The highest BCUT2D eigenvalue weighted by Gasteiger charge is 2.38. The van der Waals surface area contributed by atoms with Crippen LogP contribution in [0.15, 0.2) is 24.3 Å². The molecule has 0 aromatic heterocycles. The first kappa shape index (κ1) is 18.0. The Balaban J connectivity index is 2.04. The van der Waals surface area contributed by atoms with Crippen molar-refractivity contribution in [3.05, 3.63) is 35.4 Å². The number of likely N-dealkylation sites (N-methyl/N-ethyl adjacent to an activating group) is 1. The van der Waals surface area contributed by atoms with Crippen molar-refractivity contribution in [2.45, 2.75) is 39.8 Å². The molecule has 24 heavy (non-hydrogen) atoms. The number of hydrogen-bond acceptors (Lipinski definition) is 3. The highest BCUT2D eigenvalue weighted by Crippen LogP contribution is 2.23. The number of nitrogens with zero attached hydrogens (tertiary/aromatic N) is 2. The van der Waals surface area contributed by atoms with Crippen molar-refractivity contribution in [2.24, 2.45) is 5.92 Å². The molecule has 1 aliphatic heterocycles. The summed E-state index contributed by atoms with van der Waals surface area (Å²) < 4.78 is 0. The van der Waals surface area contributed by atoms with Crippen LogP contribution < -0.4 is 0 Å². The molecular formula is C18H24N2O4. The number of aryl methyl sites for hydroxylation is 1. The number of carboxylic acid groups (broad SMARTS) is 1. The number of carbonyl (C=O) groups excluding carboxylic acids is 2. The lowest BCUT2D eigenvalue weighted by molar-refractivity contribution is -0.150. The topological polar surface area (TPSA) is 77.9 Å². The number of amides is 2. The number of carboxylic acids is 1. The molecule has 1 fully saturated rings. The fraction of sp³-hybridized carbons (Fsp3) is 0.500. The Bertz CT molecular complexity index is 626. The van der Waals surface area contributed by atoms with E-state index in [1.165, 1.54) is 11.8 Å². The molecule has 0 bridgehead atoms. The molecule has 0 aliphatic carbocycles. The van der Waals surface area contributed by atoms with Crippen LogP contribution in [0, 0.1) is 12.8 Å². The van der Waals surface area contributed by atoms with Gasteiger partial charge >= 0.3 is 5.97 Å². The van der Waals surface area contributed by atoms with Gasteiger partial charge in [0.2, 0.25) is 11.8 Å². The highest BCUT2D eigenvalue weighted by atomic mass is 16.4. The van der Waals surface area contributed by atoms with Gasteiger partial charge in [0.1, 0.15) is 6.04 Å². The van der Waals surface area contributed by atoms with Crippen molar-refractivity contribution >= 4 is 17.8 Å². The van der Waals surface area contributed by atoms with E-state index in [2.05, 4.69) is 0 Å². The Morgan fingerprint density at radius 1 is 1.33 bits per heavy atom. The molecule has 6 heteroatoms. The number of likely N-dealkylation sites (tertiary alicyclic amines) is 1. The summed E-state index contributed by atoms with van der Waals surface area (Å²) >= 11 is 0. The van der Waals surface area contributed by atoms with Crippen molar-refractivity contribution in [3.63, 3.8) is 0 Å². The molecule has 2 amide bonds. The molecule has 1 aromatic rings. The van der Waals surface area contributed by atoms with Gasteiger partial charge in [0, 0.05) is 26.1 Å². The van der Waals surface area contributed by atoms with Crippen LogP contribution in [0.3, 0.4) is 0 Å². The largest absolute Gasteiger partial charge is 0.480 e. The molecule has 0 saturated carbocycles. The monoisotopic (exact) mass is 332 g/mol. The van der Waals surface area contributed by atoms with E-state index >= 15 is 0 Å². The van der Waals surface area contributed by atoms with Crippen molar-refractivity contribution in [1.82, 2.24) is 9.80 Å². The highest BCUT2D eigenvalue weighted by molar-refractivity contribution is 5.91. The van der Waals surface area contributed by atoms with Gasteiger partial charge in [0.25, 0.3) is 0 Å². The summed E-state index contributed by atoms with van der Waals surface area (Å²) in [6.07, 6.45) is 0.146. The number of hydrogen-bond donors (Lipinski definition) is 1. The first-order chi connectivity index (χ1) is 11.3. The van der Waals surface area contributed by atoms with Gasteiger partial charge in [-0.05, 0) is 26.3 Å². The van der Waals surface area contributed by atoms with E-state index in [0.29, 0.717) is 19.6 Å². The van der Waals surface area contributed by atoms with E-state index in [1.54, 1.807) is 11.8 Å². The molecule has 2 rings (SSSR count). The molecular weight excluding hydrogens is 308 g/mol. The summed E-state index contributed by atoms with van der Waals surface area (Å²) in [7, 11) is 0. The smallest absolute Gasteiger partial charge is 0.326 e. The zero-order valence-corrected chi connectivity index (χ0v) is 14.4. The third-order valence-electron chi connectivity index (χ3n) is 4.51.